The van der Waals surface area contributed by atoms with Gasteiger partial charge in [0.25, 0.3) is 0 Å². The van der Waals surface area contributed by atoms with Gasteiger partial charge in [-0.3, -0.25) is 0 Å². The van der Waals surface area contributed by atoms with E-state index in [-0.39, 0.29) is 10.3 Å². The van der Waals surface area contributed by atoms with E-state index >= 15 is 0 Å². The van der Waals surface area contributed by atoms with Crippen molar-refractivity contribution in [3.05, 3.63) is 0 Å². The summed E-state index contributed by atoms with van der Waals surface area (Å²) in [6.45, 7) is 14.8. The fourth-order valence-electron chi connectivity index (χ4n) is 1.01. The quantitative estimate of drug-likeness (QED) is 0.510. The summed E-state index contributed by atoms with van der Waals surface area (Å²) in [6.07, 6.45) is 0. The SMILES string of the molecule is CC(C)(C)P(C)(Cl)(Cl)C(C)(C)C. The third-order valence-electron chi connectivity index (χ3n) is 3.03. The summed E-state index contributed by atoms with van der Waals surface area (Å²) >= 11 is 13.3. The first-order valence-corrected chi connectivity index (χ1v) is 8.73. The van der Waals surface area contributed by atoms with Crippen molar-refractivity contribution in [1.29, 1.82) is 0 Å². The van der Waals surface area contributed by atoms with E-state index in [0.29, 0.717) is 0 Å². The Hall–Kier alpha value is 1.01. The topological polar surface area (TPSA) is 0 Å². The molecule has 0 N–H and O–H groups in total. The van der Waals surface area contributed by atoms with E-state index in [1.807, 2.05) is 6.66 Å². The van der Waals surface area contributed by atoms with Crippen LogP contribution >= 0.6 is 27.8 Å². The molecule has 0 spiro atoms. The predicted octanol–water partition coefficient (Wildman–Crippen LogP) is 5.07. The zero-order valence-corrected chi connectivity index (χ0v) is 11.6. The minimum absolute atomic E-state index is 0.0209. The first kappa shape index (κ1) is 13.0. The van der Waals surface area contributed by atoms with E-state index in [2.05, 4.69) is 41.5 Å². The summed E-state index contributed by atoms with van der Waals surface area (Å²) in [4.78, 5) is 0. The molecule has 0 atom stereocenters. The Kier molecular flexibility index (Phi) is 2.98. The Balaban J connectivity index is 5.29. The molecule has 0 nitrogen and oxygen atoms in total. The summed E-state index contributed by atoms with van der Waals surface area (Å²) in [5.74, 6) is 0. The molecule has 0 aliphatic carbocycles. The van der Waals surface area contributed by atoms with Crippen LogP contribution in [-0.4, -0.2) is 17.0 Å². The zero-order valence-electron chi connectivity index (χ0n) is 9.20. The van der Waals surface area contributed by atoms with Gasteiger partial charge in [-0.15, -0.1) is 0 Å². The predicted molar refractivity (Wildman–Crippen MR) is 64.1 cm³/mol. The maximum absolute atomic E-state index is 6.64. The van der Waals surface area contributed by atoms with Gasteiger partial charge in [-0.05, 0) is 0 Å². The van der Waals surface area contributed by atoms with Crippen LogP contribution < -0.4 is 0 Å². The molecule has 0 amide bonds. The Morgan fingerprint density at radius 2 is 0.917 bits per heavy atom. The molecule has 0 bridgehead atoms. The van der Waals surface area contributed by atoms with Crippen LogP contribution in [0.3, 0.4) is 0 Å². The monoisotopic (exact) mass is 230 g/mol. The van der Waals surface area contributed by atoms with Gasteiger partial charge in [0.05, 0.1) is 0 Å². The molecule has 0 fully saturated rings. The summed E-state index contributed by atoms with van der Waals surface area (Å²) < 4.78 is 0. The summed E-state index contributed by atoms with van der Waals surface area (Å²) in [5.41, 5.74) is 0. The number of rotatable bonds is 0. The molecule has 0 aromatic rings. The van der Waals surface area contributed by atoms with Gasteiger partial charge in [-0.25, -0.2) is 0 Å². The molecule has 0 saturated carbocycles. The van der Waals surface area contributed by atoms with Crippen LogP contribution in [0.25, 0.3) is 0 Å². The second kappa shape index (κ2) is 2.75. The normalized spacial score (nSPS) is 18.6. The van der Waals surface area contributed by atoms with Gasteiger partial charge >= 0.3 is 86.3 Å². The van der Waals surface area contributed by atoms with Crippen LogP contribution in [0.1, 0.15) is 41.5 Å². The van der Waals surface area contributed by atoms with E-state index in [0.717, 1.165) is 0 Å². The summed E-state index contributed by atoms with van der Waals surface area (Å²) in [5, 5.41) is -2.68. The van der Waals surface area contributed by atoms with Gasteiger partial charge in [0.2, 0.25) is 0 Å². The third-order valence-corrected chi connectivity index (χ3v) is 15.2. The second-order valence-corrected chi connectivity index (χ2v) is 16.5. The van der Waals surface area contributed by atoms with Gasteiger partial charge in [-0.2, -0.15) is 0 Å². The first-order valence-electron chi connectivity index (χ1n) is 4.23. The molecule has 0 saturated heterocycles. The van der Waals surface area contributed by atoms with Crippen molar-refractivity contribution in [2.75, 3.05) is 6.66 Å². The maximum atomic E-state index is 6.64. The van der Waals surface area contributed by atoms with E-state index in [4.69, 9.17) is 22.5 Å². The Morgan fingerprint density at radius 3 is 0.917 bits per heavy atom. The molecule has 0 aromatic carbocycles. The zero-order chi connectivity index (χ0) is 10.4. The van der Waals surface area contributed by atoms with Crippen LogP contribution in [0, 0.1) is 0 Å². The molecule has 12 heavy (non-hydrogen) atoms. The molecule has 0 rings (SSSR count). The van der Waals surface area contributed by atoms with Crippen LogP contribution in [-0.2, 0) is 0 Å². The van der Waals surface area contributed by atoms with E-state index in [1.54, 1.807) is 0 Å². The third kappa shape index (κ3) is 1.76. The van der Waals surface area contributed by atoms with Crippen molar-refractivity contribution < 1.29 is 0 Å². The van der Waals surface area contributed by atoms with Crippen LogP contribution in [0.5, 0.6) is 0 Å². The Bertz CT molecular complexity index is 157. The second-order valence-electron chi connectivity index (χ2n) is 5.64. The molecule has 0 heterocycles. The average Bonchev–Trinajstić information content (AvgIpc) is 1.55. The van der Waals surface area contributed by atoms with Crippen molar-refractivity contribution >= 4 is 27.8 Å². The summed E-state index contributed by atoms with van der Waals surface area (Å²) in [7, 11) is 0. The Morgan fingerprint density at radius 1 is 0.750 bits per heavy atom. The average molecular weight is 231 g/mol. The van der Waals surface area contributed by atoms with Crippen molar-refractivity contribution in [2.45, 2.75) is 51.9 Å². The van der Waals surface area contributed by atoms with Crippen LogP contribution in [0.15, 0.2) is 0 Å². The summed E-state index contributed by atoms with van der Waals surface area (Å²) in [6, 6.07) is 0. The minimum atomic E-state index is -2.63. The molecule has 0 aliphatic rings. The van der Waals surface area contributed by atoms with Gasteiger partial charge in [0, 0.05) is 0 Å². The molecule has 0 radical (unpaired) electrons. The van der Waals surface area contributed by atoms with E-state index in [9.17, 15) is 0 Å². The standard InChI is InChI=1S/C9H21Cl2P/c1-8(2,3)12(7,10,11)9(4,5)6/h1-7H3. The van der Waals surface area contributed by atoms with Crippen molar-refractivity contribution in [2.24, 2.45) is 0 Å². The number of hydrogen-bond donors (Lipinski definition) is 0. The number of halogens is 2. The molecular formula is C9H21Cl2P. The molecule has 0 aromatic heterocycles. The fraction of sp³-hybridized carbons (Fsp3) is 1.00. The van der Waals surface area contributed by atoms with Gasteiger partial charge in [-0.1, -0.05) is 0 Å². The van der Waals surface area contributed by atoms with Gasteiger partial charge < -0.3 is 0 Å². The van der Waals surface area contributed by atoms with Gasteiger partial charge in [0.15, 0.2) is 0 Å². The van der Waals surface area contributed by atoms with Crippen LogP contribution in [0.4, 0.5) is 0 Å². The molecule has 76 valence electrons. The van der Waals surface area contributed by atoms with E-state index in [1.165, 1.54) is 0 Å². The Labute approximate surface area is 86.5 Å². The van der Waals surface area contributed by atoms with Crippen LogP contribution in [0.2, 0.25) is 0 Å². The molecule has 0 unspecified atom stereocenters. The first-order chi connectivity index (χ1) is 4.79. The van der Waals surface area contributed by atoms with Crippen molar-refractivity contribution in [1.82, 2.24) is 0 Å². The number of hydrogen-bond acceptors (Lipinski definition) is 0. The van der Waals surface area contributed by atoms with Crippen molar-refractivity contribution in [3.63, 3.8) is 0 Å². The molecular weight excluding hydrogens is 210 g/mol. The molecule has 3 heteroatoms. The van der Waals surface area contributed by atoms with E-state index < -0.39 is 5.31 Å². The van der Waals surface area contributed by atoms with Crippen molar-refractivity contribution in [3.8, 4) is 0 Å². The molecule has 0 aliphatic heterocycles. The van der Waals surface area contributed by atoms with Gasteiger partial charge in [0.1, 0.15) is 0 Å². The fourth-order valence-corrected chi connectivity index (χ4v) is 3.02.